The van der Waals surface area contributed by atoms with E-state index in [1.54, 1.807) is 0 Å². The number of rotatable bonds is 4. The normalized spacial score (nSPS) is 29.1. The molecular formula is C17H33N3. The molecule has 0 aliphatic carbocycles. The summed E-state index contributed by atoms with van der Waals surface area (Å²) in [5, 5.41) is 0. The molecule has 0 aromatic heterocycles. The highest BCUT2D eigenvalue weighted by Crippen LogP contribution is 2.29. The van der Waals surface area contributed by atoms with Gasteiger partial charge in [-0.3, -0.25) is 14.7 Å². The summed E-state index contributed by atoms with van der Waals surface area (Å²) in [7, 11) is 0. The first-order valence-electron chi connectivity index (χ1n) is 8.76. The Hall–Kier alpha value is -0.120. The zero-order valence-electron chi connectivity index (χ0n) is 13.9. The number of nitrogens with zero attached hydrogens (tertiary/aromatic N) is 3. The van der Waals surface area contributed by atoms with Crippen LogP contribution >= 0.6 is 0 Å². The Bertz CT molecular complexity index is 308. The van der Waals surface area contributed by atoms with E-state index in [0.717, 1.165) is 30.0 Å². The van der Waals surface area contributed by atoms with E-state index >= 15 is 0 Å². The second-order valence-corrected chi connectivity index (χ2v) is 7.93. The van der Waals surface area contributed by atoms with Gasteiger partial charge in [-0.25, -0.2) is 0 Å². The molecule has 3 aliphatic rings. The molecule has 0 saturated carbocycles. The molecule has 0 unspecified atom stereocenters. The monoisotopic (exact) mass is 279 g/mol. The van der Waals surface area contributed by atoms with Crippen LogP contribution in [-0.2, 0) is 0 Å². The summed E-state index contributed by atoms with van der Waals surface area (Å²) in [6, 6.07) is 2.47. The molecule has 20 heavy (non-hydrogen) atoms. The molecular weight excluding hydrogens is 246 g/mol. The number of hydrogen-bond donors (Lipinski definition) is 0. The molecule has 0 N–H and O–H groups in total. The first-order valence-corrected chi connectivity index (χ1v) is 8.76. The Kier molecular flexibility index (Phi) is 4.40. The molecule has 3 heteroatoms. The molecule has 116 valence electrons. The first kappa shape index (κ1) is 14.8. The van der Waals surface area contributed by atoms with Crippen molar-refractivity contribution in [2.24, 2.45) is 11.8 Å². The van der Waals surface area contributed by atoms with Crippen LogP contribution in [-0.4, -0.2) is 72.1 Å². The van der Waals surface area contributed by atoms with E-state index in [1.165, 1.54) is 52.1 Å². The average molecular weight is 279 g/mol. The maximum atomic E-state index is 2.77. The second-order valence-electron chi connectivity index (χ2n) is 7.93. The summed E-state index contributed by atoms with van der Waals surface area (Å²) < 4.78 is 0. The lowest BCUT2D eigenvalue weighted by Crippen LogP contribution is -2.70. The van der Waals surface area contributed by atoms with Gasteiger partial charge in [-0.1, -0.05) is 13.8 Å². The van der Waals surface area contributed by atoms with Gasteiger partial charge in [0.1, 0.15) is 0 Å². The Morgan fingerprint density at radius 2 is 1.30 bits per heavy atom. The highest BCUT2D eigenvalue weighted by Gasteiger charge is 2.41. The smallest absolute Gasteiger partial charge is 0.0352 e. The van der Waals surface area contributed by atoms with E-state index in [1.807, 2.05) is 0 Å². The summed E-state index contributed by atoms with van der Waals surface area (Å²) in [4.78, 5) is 8.08. The lowest BCUT2D eigenvalue weighted by Gasteiger charge is -2.56. The van der Waals surface area contributed by atoms with E-state index < -0.39 is 0 Å². The van der Waals surface area contributed by atoms with Crippen molar-refractivity contribution in [1.82, 2.24) is 14.7 Å². The van der Waals surface area contributed by atoms with Crippen LogP contribution in [0.1, 0.15) is 40.5 Å². The highest BCUT2D eigenvalue weighted by molar-refractivity contribution is 4.99. The molecule has 0 spiro atoms. The third-order valence-corrected chi connectivity index (χ3v) is 6.06. The predicted octanol–water partition coefficient (Wildman–Crippen LogP) is 2.13. The van der Waals surface area contributed by atoms with Crippen molar-refractivity contribution in [3.8, 4) is 0 Å². The van der Waals surface area contributed by atoms with Crippen molar-refractivity contribution in [3.05, 3.63) is 0 Å². The largest absolute Gasteiger partial charge is 0.298 e. The Balaban J connectivity index is 1.35. The van der Waals surface area contributed by atoms with Gasteiger partial charge in [-0.05, 0) is 51.6 Å². The fourth-order valence-corrected chi connectivity index (χ4v) is 4.11. The van der Waals surface area contributed by atoms with Crippen LogP contribution in [0.5, 0.6) is 0 Å². The van der Waals surface area contributed by atoms with Gasteiger partial charge in [0.25, 0.3) is 0 Å². The topological polar surface area (TPSA) is 9.72 Å². The van der Waals surface area contributed by atoms with E-state index in [0.29, 0.717) is 0 Å². The molecule has 3 saturated heterocycles. The Morgan fingerprint density at radius 1 is 0.750 bits per heavy atom. The molecule has 0 amide bonds. The summed E-state index contributed by atoms with van der Waals surface area (Å²) >= 11 is 0. The van der Waals surface area contributed by atoms with Gasteiger partial charge in [-0.15, -0.1) is 0 Å². The third kappa shape index (κ3) is 2.90. The average Bonchev–Trinajstić information content (AvgIpc) is 2.30. The fourth-order valence-electron chi connectivity index (χ4n) is 4.11. The number of piperidine rings is 1. The molecule has 3 aliphatic heterocycles. The van der Waals surface area contributed by atoms with Gasteiger partial charge >= 0.3 is 0 Å². The van der Waals surface area contributed by atoms with Gasteiger partial charge in [0.15, 0.2) is 0 Å². The lowest BCUT2D eigenvalue weighted by molar-refractivity contribution is -0.0660. The SMILES string of the molecule is CC(C)C1CCN(C2CN(C3CN(C(C)C)C3)C2)CC1. The zero-order chi connectivity index (χ0) is 14.3. The molecule has 3 fully saturated rings. The standard InChI is InChI=1S/C17H33N3/c1-13(2)15-5-7-18(8-6-15)16-11-20(12-16)17-9-19(10-17)14(3)4/h13-17H,5-12H2,1-4H3. The highest BCUT2D eigenvalue weighted by atomic mass is 15.4. The Labute approximate surface area is 125 Å². The van der Waals surface area contributed by atoms with E-state index in [9.17, 15) is 0 Å². The maximum Gasteiger partial charge on any atom is 0.0352 e. The zero-order valence-corrected chi connectivity index (χ0v) is 13.9. The molecule has 3 nitrogen and oxygen atoms in total. The maximum absolute atomic E-state index is 2.77. The molecule has 3 heterocycles. The lowest BCUT2D eigenvalue weighted by atomic mass is 9.85. The minimum Gasteiger partial charge on any atom is -0.298 e. The molecule has 0 radical (unpaired) electrons. The van der Waals surface area contributed by atoms with Gasteiger partial charge in [0, 0.05) is 44.3 Å². The quantitative estimate of drug-likeness (QED) is 0.780. The van der Waals surface area contributed by atoms with Crippen LogP contribution in [0.2, 0.25) is 0 Å². The fraction of sp³-hybridized carbons (Fsp3) is 1.00. The molecule has 3 rings (SSSR count). The summed E-state index contributed by atoms with van der Waals surface area (Å²) in [5.41, 5.74) is 0. The molecule has 0 aromatic rings. The minimum absolute atomic E-state index is 0.735. The number of likely N-dealkylation sites (tertiary alicyclic amines) is 3. The third-order valence-electron chi connectivity index (χ3n) is 6.06. The van der Waals surface area contributed by atoms with Crippen molar-refractivity contribution in [2.45, 2.75) is 58.7 Å². The van der Waals surface area contributed by atoms with Crippen LogP contribution in [0, 0.1) is 11.8 Å². The van der Waals surface area contributed by atoms with Crippen LogP contribution < -0.4 is 0 Å². The summed E-state index contributed by atoms with van der Waals surface area (Å²) in [6.07, 6.45) is 2.86. The predicted molar refractivity (Wildman–Crippen MR) is 85.0 cm³/mol. The minimum atomic E-state index is 0.735. The van der Waals surface area contributed by atoms with E-state index in [4.69, 9.17) is 0 Å². The van der Waals surface area contributed by atoms with Crippen LogP contribution in [0.25, 0.3) is 0 Å². The van der Waals surface area contributed by atoms with Crippen LogP contribution in [0.4, 0.5) is 0 Å². The van der Waals surface area contributed by atoms with Gasteiger partial charge in [-0.2, -0.15) is 0 Å². The van der Waals surface area contributed by atoms with E-state index in [-0.39, 0.29) is 0 Å². The van der Waals surface area contributed by atoms with Crippen molar-refractivity contribution < 1.29 is 0 Å². The Morgan fingerprint density at radius 3 is 1.80 bits per heavy atom. The van der Waals surface area contributed by atoms with Crippen molar-refractivity contribution >= 4 is 0 Å². The first-order chi connectivity index (χ1) is 9.54. The molecule has 0 aromatic carbocycles. The van der Waals surface area contributed by atoms with Crippen LogP contribution in [0.15, 0.2) is 0 Å². The van der Waals surface area contributed by atoms with Crippen molar-refractivity contribution in [3.63, 3.8) is 0 Å². The van der Waals surface area contributed by atoms with Gasteiger partial charge < -0.3 is 0 Å². The number of hydrogen-bond acceptors (Lipinski definition) is 3. The molecule has 0 bridgehead atoms. The molecule has 0 atom stereocenters. The summed E-state index contributed by atoms with van der Waals surface area (Å²) in [5.74, 6) is 1.86. The summed E-state index contributed by atoms with van der Waals surface area (Å²) in [6.45, 7) is 17.4. The van der Waals surface area contributed by atoms with Crippen LogP contribution in [0.3, 0.4) is 0 Å². The van der Waals surface area contributed by atoms with Crippen molar-refractivity contribution in [2.75, 3.05) is 39.3 Å². The van der Waals surface area contributed by atoms with E-state index in [2.05, 4.69) is 42.4 Å². The van der Waals surface area contributed by atoms with Gasteiger partial charge in [0.05, 0.1) is 0 Å². The second kappa shape index (κ2) is 5.94. The van der Waals surface area contributed by atoms with Gasteiger partial charge in [0.2, 0.25) is 0 Å². The van der Waals surface area contributed by atoms with Crippen molar-refractivity contribution in [1.29, 1.82) is 0 Å².